The van der Waals surface area contributed by atoms with Crippen LogP contribution in [-0.2, 0) is 0 Å². The van der Waals surface area contributed by atoms with Gasteiger partial charge < -0.3 is 27.4 Å². The number of carbonyl (C=O) groups is 1. The first-order valence-corrected chi connectivity index (χ1v) is 6.44. The molecule has 0 atom stereocenters. The van der Waals surface area contributed by atoms with E-state index in [2.05, 4.69) is 10.4 Å². The number of carbonyl (C=O) groups excluding carboxylic acids is 1. The highest BCUT2D eigenvalue weighted by atomic mass is 16.5. The molecule has 0 aliphatic carbocycles. The van der Waals surface area contributed by atoms with Crippen LogP contribution in [0.5, 0.6) is 5.75 Å². The molecule has 0 aliphatic rings. The normalized spacial score (nSPS) is 11.0. The summed E-state index contributed by atoms with van der Waals surface area (Å²) < 4.78 is 5.05. The van der Waals surface area contributed by atoms with Crippen molar-refractivity contribution in [3.63, 3.8) is 0 Å². The van der Waals surface area contributed by atoms with Crippen molar-refractivity contribution in [3.05, 3.63) is 53.6 Å². The first-order valence-electron chi connectivity index (χ1n) is 6.44. The Morgan fingerprint density at radius 2 is 1.77 bits per heavy atom. The van der Waals surface area contributed by atoms with E-state index in [1.807, 2.05) is 0 Å². The predicted octanol–water partition coefficient (Wildman–Crippen LogP) is 1.11. The number of nitrogen functional groups attached to an aromatic ring is 1. The summed E-state index contributed by atoms with van der Waals surface area (Å²) in [5.74, 6) is 5.67. The lowest BCUT2D eigenvalue weighted by atomic mass is 10.1. The van der Waals surface area contributed by atoms with E-state index in [4.69, 9.17) is 22.0 Å². The van der Waals surface area contributed by atoms with Crippen LogP contribution >= 0.6 is 0 Å². The molecule has 7 heteroatoms. The lowest BCUT2D eigenvalue weighted by Gasteiger charge is -2.10. The Labute approximate surface area is 127 Å². The lowest BCUT2D eigenvalue weighted by Crippen LogP contribution is -2.17. The Bertz CT molecular complexity index is 710. The Kier molecular flexibility index (Phi) is 4.47. The minimum atomic E-state index is -0.297. The molecule has 0 saturated carbocycles. The number of hydrazone groups is 1. The van der Waals surface area contributed by atoms with Gasteiger partial charge in [-0.15, -0.1) is 0 Å². The van der Waals surface area contributed by atoms with Gasteiger partial charge >= 0.3 is 0 Å². The lowest BCUT2D eigenvalue weighted by molar-refractivity contribution is 0.102. The molecule has 1 amide bonds. The molecule has 0 saturated heterocycles. The van der Waals surface area contributed by atoms with E-state index in [9.17, 15) is 4.79 Å². The van der Waals surface area contributed by atoms with Gasteiger partial charge in [-0.05, 0) is 42.5 Å². The number of amidine groups is 1. The van der Waals surface area contributed by atoms with Crippen LogP contribution in [0.15, 0.2) is 47.6 Å². The van der Waals surface area contributed by atoms with Gasteiger partial charge in [-0.25, -0.2) is 0 Å². The summed E-state index contributed by atoms with van der Waals surface area (Å²) in [6.07, 6.45) is 0. The maximum Gasteiger partial charge on any atom is 0.255 e. The molecule has 2 aromatic carbocycles. The van der Waals surface area contributed by atoms with E-state index >= 15 is 0 Å². The van der Waals surface area contributed by atoms with Gasteiger partial charge in [0.1, 0.15) is 11.6 Å². The molecule has 22 heavy (non-hydrogen) atoms. The molecule has 0 unspecified atom stereocenters. The Balaban J connectivity index is 2.23. The van der Waals surface area contributed by atoms with E-state index in [1.165, 1.54) is 0 Å². The summed E-state index contributed by atoms with van der Waals surface area (Å²) in [5.41, 5.74) is 13.4. The van der Waals surface area contributed by atoms with Crippen molar-refractivity contribution < 1.29 is 9.53 Å². The molecule has 2 rings (SSSR count). The van der Waals surface area contributed by atoms with Crippen molar-refractivity contribution >= 4 is 23.1 Å². The molecular weight excluding hydrogens is 282 g/mol. The van der Waals surface area contributed by atoms with Crippen LogP contribution in [0.4, 0.5) is 11.4 Å². The minimum Gasteiger partial charge on any atom is -0.497 e. The SMILES string of the molecule is COc1ccc(C(=O)Nc2cc(/C(N)=N/N)ccc2N)cc1. The van der Waals surface area contributed by atoms with Crippen molar-refractivity contribution in [2.75, 3.05) is 18.2 Å². The topological polar surface area (TPSA) is 129 Å². The third kappa shape index (κ3) is 3.26. The fourth-order valence-electron chi connectivity index (χ4n) is 1.84. The summed E-state index contributed by atoms with van der Waals surface area (Å²) in [6.45, 7) is 0. The van der Waals surface area contributed by atoms with Crippen molar-refractivity contribution in [1.82, 2.24) is 0 Å². The second kappa shape index (κ2) is 6.49. The Hall–Kier alpha value is -3.22. The molecule has 0 spiro atoms. The zero-order valence-corrected chi connectivity index (χ0v) is 12.0. The number of methoxy groups -OCH3 is 1. The third-order valence-corrected chi connectivity index (χ3v) is 3.09. The van der Waals surface area contributed by atoms with Gasteiger partial charge in [0.2, 0.25) is 0 Å². The number of ether oxygens (including phenoxy) is 1. The van der Waals surface area contributed by atoms with Gasteiger partial charge in [0.05, 0.1) is 18.5 Å². The number of amides is 1. The standard InChI is InChI=1S/C15H17N5O2/c1-22-11-5-2-9(3-6-11)15(21)19-13-8-10(14(17)20-18)4-7-12(13)16/h2-8H,16,18H2,1H3,(H2,17,20)(H,19,21). The van der Waals surface area contributed by atoms with Gasteiger partial charge in [-0.1, -0.05) is 0 Å². The molecule has 0 radical (unpaired) electrons. The zero-order valence-electron chi connectivity index (χ0n) is 12.0. The van der Waals surface area contributed by atoms with E-state index < -0.39 is 0 Å². The summed E-state index contributed by atoms with van der Waals surface area (Å²) in [7, 11) is 1.56. The first-order chi connectivity index (χ1) is 10.5. The Morgan fingerprint density at radius 3 is 2.36 bits per heavy atom. The van der Waals surface area contributed by atoms with Crippen LogP contribution in [0.3, 0.4) is 0 Å². The van der Waals surface area contributed by atoms with Crippen LogP contribution in [0.1, 0.15) is 15.9 Å². The Morgan fingerprint density at radius 1 is 1.14 bits per heavy atom. The van der Waals surface area contributed by atoms with Gasteiger partial charge in [0.15, 0.2) is 0 Å². The van der Waals surface area contributed by atoms with Crippen LogP contribution < -0.4 is 27.4 Å². The van der Waals surface area contributed by atoms with Gasteiger partial charge in [0.25, 0.3) is 5.91 Å². The van der Waals surface area contributed by atoms with Crippen molar-refractivity contribution in [2.24, 2.45) is 16.7 Å². The number of benzene rings is 2. The van der Waals surface area contributed by atoms with E-state index in [0.29, 0.717) is 28.3 Å². The van der Waals surface area contributed by atoms with Gasteiger partial charge in [-0.2, -0.15) is 5.10 Å². The molecule has 114 valence electrons. The quantitative estimate of drug-likeness (QED) is 0.221. The number of hydrogen-bond donors (Lipinski definition) is 4. The molecule has 0 aromatic heterocycles. The average Bonchev–Trinajstić information content (AvgIpc) is 2.56. The van der Waals surface area contributed by atoms with Crippen molar-refractivity contribution in [3.8, 4) is 5.75 Å². The van der Waals surface area contributed by atoms with Crippen molar-refractivity contribution in [1.29, 1.82) is 0 Å². The van der Waals surface area contributed by atoms with Gasteiger partial charge in [0, 0.05) is 11.1 Å². The fraction of sp³-hybridized carbons (Fsp3) is 0.0667. The minimum absolute atomic E-state index is 0.153. The predicted molar refractivity (Wildman–Crippen MR) is 86.7 cm³/mol. The number of nitrogens with zero attached hydrogens (tertiary/aromatic N) is 1. The molecule has 7 N–H and O–H groups in total. The number of anilines is 2. The summed E-state index contributed by atoms with van der Waals surface area (Å²) in [4.78, 5) is 12.2. The molecular formula is C15H17N5O2. The van der Waals surface area contributed by atoms with Gasteiger partial charge in [-0.3, -0.25) is 4.79 Å². The largest absolute Gasteiger partial charge is 0.497 e. The fourth-order valence-corrected chi connectivity index (χ4v) is 1.84. The summed E-state index contributed by atoms with van der Waals surface area (Å²) in [5, 5.41) is 6.14. The summed E-state index contributed by atoms with van der Waals surface area (Å²) >= 11 is 0. The first kappa shape index (κ1) is 15.2. The second-order valence-electron chi connectivity index (χ2n) is 4.50. The third-order valence-electron chi connectivity index (χ3n) is 3.09. The monoisotopic (exact) mass is 299 g/mol. The molecule has 0 aliphatic heterocycles. The average molecular weight is 299 g/mol. The van der Waals surface area contributed by atoms with E-state index in [1.54, 1.807) is 49.6 Å². The van der Waals surface area contributed by atoms with Crippen LogP contribution in [0, 0.1) is 0 Å². The number of nitrogens with one attached hydrogen (secondary N) is 1. The second-order valence-corrected chi connectivity index (χ2v) is 4.50. The highest BCUT2D eigenvalue weighted by molar-refractivity contribution is 6.07. The molecule has 7 nitrogen and oxygen atoms in total. The van der Waals surface area contributed by atoms with Crippen LogP contribution in [-0.4, -0.2) is 18.9 Å². The van der Waals surface area contributed by atoms with Crippen molar-refractivity contribution in [2.45, 2.75) is 0 Å². The highest BCUT2D eigenvalue weighted by Gasteiger charge is 2.10. The number of nitrogens with two attached hydrogens (primary N) is 3. The maximum absolute atomic E-state index is 12.2. The number of hydrogen-bond acceptors (Lipinski definition) is 5. The maximum atomic E-state index is 12.2. The summed E-state index contributed by atoms with van der Waals surface area (Å²) in [6, 6.07) is 11.6. The zero-order chi connectivity index (χ0) is 16.1. The smallest absolute Gasteiger partial charge is 0.255 e. The van der Waals surface area contributed by atoms with Crippen LogP contribution in [0.25, 0.3) is 0 Å². The van der Waals surface area contributed by atoms with Crippen LogP contribution in [0.2, 0.25) is 0 Å². The van der Waals surface area contributed by atoms with E-state index in [-0.39, 0.29) is 11.7 Å². The number of rotatable bonds is 4. The molecule has 0 fully saturated rings. The molecule has 0 bridgehead atoms. The molecule has 0 heterocycles. The van der Waals surface area contributed by atoms with E-state index in [0.717, 1.165) is 0 Å². The molecule has 2 aromatic rings. The highest BCUT2D eigenvalue weighted by Crippen LogP contribution is 2.21.